The molecule has 46 heavy (non-hydrogen) atoms. The number of hydrogen-bond donors (Lipinski definition) is 3. The highest BCUT2D eigenvalue weighted by atomic mass is 16.6. The van der Waals surface area contributed by atoms with Crippen molar-refractivity contribution < 1.29 is 28.9 Å². The molecule has 6 rings (SSSR count). The molecule has 2 aromatic heterocycles. The molecular weight excluding hydrogens is 584 g/mol. The second-order valence-corrected chi connectivity index (χ2v) is 12.8. The number of ether oxygens (including phenoxy) is 2. The molecule has 4 atom stereocenters. The lowest BCUT2D eigenvalue weighted by atomic mass is 9.60. The Hall–Kier alpha value is -4.47. The van der Waals surface area contributed by atoms with Gasteiger partial charge in [-0.15, -0.1) is 0 Å². The minimum absolute atomic E-state index is 0.0249. The van der Waals surface area contributed by atoms with Crippen molar-refractivity contribution in [1.29, 1.82) is 0 Å². The molecule has 0 radical (unpaired) electrons. The summed E-state index contributed by atoms with van der Waals surface area (Å²) in [5.74, 6) is -0.0204. The number of carbonyl (C=O) groups is 1. The molecule has 9 heteroatoms. The molecule has 0 amide bonds. The molecule has 0 saturated heterocycles. The van der Waals surface area contributed by atoms with Crippen LogP contribution in [0, 0.1) is 5.92 Å². The van der Waals surface area contributed by atoms with E-state index in [-0.39, 0.29) is 25.0 Å². The van der Waals surface area contributed by atoms with Crippen molar-refractivity contribution >= 4 is 22.8 Å². The number of esters is 1. The van der Waals surface area contributed by atoms with Gasteiger partial charge in [0.2, 0.25) is 0 Å². The number of fused-ring (bicyclic) bond motifs is 3. The van der Waals surface area contributed by atoms with Gasteiger partial charge >= 0.3 is 11.6 Å². The number of rotatable bonds is 9. The number of nitrogens with two attached hydrogens (primary N) is 1. The molecule has 2 aliphatic rings. The van der Waals surface area contributed by atoms with Crippen LogP contribution in [0.4, 0.5) is 5.82 Å². The summed E-state index contributed by atoms with van der Waals surface area (Å²) in [5.41, 5.74) is 8.53. The monoisotopic (exact) mass is 624 g/mol. The fourth-order valence-corrected chi connectivity index (χ4v) is 7.14. The predicted molar refractivity (Wildman–Crippen MR) is 175 cm³/mol. The summed E-state index contributed by atoms with van der Waals surface area (Å²) in [7, 11) is 0. The van der Waals surface area contributed by atoms with E-state index in [2.05, 4.69) is 17.1 Å². The Bertz CT molecular complexity index is 1860. The normalized spacial score (nSPS) is 22.7. The van der Waals surface area contributed by atoms with E-state index in [9.17, 15) is 19.8 Å². The van der Waals surface area contributed by atoms with Gasteiger partial charge < -0.3 is 29.8 Å². The molecule has 4 aromatic rings. The average Bonchev–Trinajstić information content (AvgIpc) is 3.42. The zero-order chi connectivity index (χ0) is 32.6. The third-order valence-electron chi connectivity index (χ3n) is 9.74. The summed E-state index contributed by atoms with van der Waals surface area (Å²) in [6, 6.07) is 17.4. The second kappa shape index (κ2) is 12.4. The van der Waals surface area contributed by atoms with Gasteiger partial charge in [0.1, 0.15) is 17.2 Å². The highest BCUT2D eigenvalue weighted by Crippen LogP contribution is 2.57. The van der Waals surface area contributed by atoms with Crippen LogP contribution in [0.2, 0.25) is 0 Å². The van der Waals surface area contributed by atoms with Crippen molar-refractivity contribution in [3.8, 4) is 5.75 Å². The van der Waals surface area contributed by atoms with Gasteiger partial charge in [0, 0.05) is 54.8 Å². The number of pyridine rings is 1. The summed E-state index contributed by atoms with van der Waals surface area (Å²) < 4.78 is 19.3. The van der Waals surface area contributed by atoms with Crippen LogP contribution in [0.15, 0.2) is 81.7 Å². The van der Waals surface area contributed by atoms with Gasteiger partial charge in [-0.25, -0.2) is 14.6 Å². The van der Waals surface area contributed by atoms with Gasteiger partial charge in [-0.1, -0.05) is 36.4 Å². The van der Waals surface area contributed by atoms with E-state index in [1.165, 1.54) is 0 Å². The van der Waals surface area contributed by atoms with E-state index in [1.807, 2.05) is 37.3 Å². The van der Waals surface area contributed by atoms with Crippen LogP contribution in [0.1, 0.15) is 67.3 Å². The lowest BCUT2D eigenvalue weighted by molar-refractivity contribution is -0.184. The Morgan fingerprint density at radius 2 is 1.96 bits per heavy atom. The van der Waals surface area contributed by atoms with E-state index in [0.29, 0.717) is 60.4 Å². The molecule has 3 heterocycles. The number of anilines is 1. The fraction of sp³-hybridized carbons (Fsp3) is 0.378. The number of nitrogens with zero attached hydrogens (tertiary/aromatic N) is 1. The SMILES string of the molecule is C/C=C(\C)C(=O)O[C@@]1(C)Cc2ccccc2[C@H](c2ccc(N)nc2)[C@]12Cc1cc3cc(C[C@H](CO)CCCO)c(=O)oc3cc1O2. The largest absolute Gasteiger partial charge is 0.481 e. The topological polar surface area (TPSA) is 145 Å². The Labute approximate surface area is 267 Å². The van der Waals surface area contributed by atoms with E-state index in [4.69, 9.17) is 19.6 Å². The first-order valence-electron chi connectivity index (χ1n) is 15.8. The molecule has 0 unspecified atom stereocenters. The number of benzene rings is 2. The quantitative estimate of drug-likeness (QED) is 0.133. The second-order valence-electron chi connectivity index (χ2n) is 12.8. The zero-order valence-corrected chi connectivity index (χ0v) is 26.4. The van der Waals surface area contributed by atoms with Gasteiger partial charge in [-0.05, 0) is 86.4 Å². The number of aliphatic hydroxyl groups is 2. The van der Waals surface area contributed by atoms with Gasteiger partial charge in [0.15, 0.2) is 11.2 Å². The molecule has 1 aliphatic carbocycles. The lowest BCUT2D eigenvalue weighted by Crippen LogP contribution is -2.65. The van der Waals surface area contributed by atoms with E-state index in [0.717, 1.165) is 27.6 Å². The van der Waals surface area contributed by atoms with Crippen LogP contribution in [-0.2, 0) is 28.8 Å². The summed E-state index contributed by atoms with van der Waals surface area (Å²) >= 11 is 0. The maximum Gasteiger partial charge on any atom is 0.339 e. The molecule has 0 saturated carbocycles. The van der Waals surface area contributed by atoms with Gasteiger partial charge in [-0.2, -0.15) is 0 Å². The Kier molecular flexibility index (Phi) is 8.48. The number of aliphatic hydroxyl groups excluding tert-OH is 2. The Morgan fingerprint density at radius 3 is 2.67 bits per heavy atom. The smallest absolute Gasteiger partial charge is 0.339 e. The number of hydrogen-bond acceptors (Lipinski definition) is 9. The average molecular weight is 625 g/mol. The van der Waals surface area contributed by atoms with Gasteiger partial charge in [0.05, 0.1) is 5.92 Å². The molecule has 4 N–H and O–H groups in total. The minimum Gasteiger partial charge on any atom is -0.481 e. The molecule has 1 aliphatic heterocycles. The van der Waals surface area contributed by atoms with Crippen LogP contribution < -0.4 is 16.1 Å². The molecular formula is C37H40N2O7. The highest BCUT2D eigenvalue weighted by Gasteiger charge is 2.64. The third-order valence-corrected chi connectivity index (χ3v) is 9.74. The highest BCUT2D eigenvalue weighted by molar-refractivity contribution is 5.88. The predicted octanol–water partition coefficient (Wildman–Crippen LogP) is 5.02. The number of allylic oxidation sites excluding steroid dienone is 1. The van der Waals surface area contributed by atoms with Crippen molar-refractivity contribution in [2.75, 3.05) is 18.9 Å². The van der Waals surface area contributed by atoms with Crippen LogP contribution in [-0.4, -0.2) is 45.6 Å². The zero-order valence-electron chi connectivity index (χ0n) is 26.4. The summed E-state index contributed by atoms with van der Waals surface area (Å²) in [5, 5.41) is 19.8. The first-order chi connectivity index (χ1) is 22.1. The Morgan fingerprint density at radius 1 is 1.15 bits per heavy atom. The van der Waals surface area contributed by atoms with E-state index < -0.39 is 22.8 Å². The van der Waals surface area contributed by atoms with E-state index in [1.54, 1.807) is 38.3 Å². The molecule has 9 nitrogen and oxygen atoms in total. The lowest BCUT2D eigenvalue weighted by Gasteiger charge is -2.52. The number of aromatic nitrogens is 1. The van der Waals surface area contributed by atoms with Crippen LogP contribution >= 0.6 is 0 Å². The molecule has 0 fully saturated rings. The summed E-state index contributed by atoms with van der Waals surface area (Å²) in [4.78, 5) is 30.9. The standard InChI is InChI=1S/C37H40N2O7/c1-4-22(2)34(42)46-36(3)18-24-9-5-6-10-29(24)33(25-11-12-32(38)39-20-25)37(36)19-28-16-26-15-27(14-23(21-41)8-7-13-40)35(43)44-30(26)17-31(28)45-37/h4-6,9-12,15-17,20,23,33,40-41H,7-8,13-14,18-19,21H2,1-3H3,(H2,38,39)/b22-4+/t23-,33+,36+,37-/m1/s1. The van der Waals surface area contributed by atoms with Crippen molar-refractivity contribution in [3.63, 3.8) is 0 Å². The van der Waals surface area contributed by atoms with Crippen LogP contribution in [0.5, 0.6) is 5.75 Å². The van der Waals surface area contributed by atoms with Gasteiger partial charge in [-0.3, -0.25) is 0 Å². The van der Waals surface area contributed by atoms with E-state index >= 15 is 0 Å². The first-order valence-corrected chi connectivity index (χ1v) is 15.8. The summed E-state index contributed by atoms with van der Waals surface area (Å²) in [6.07, 6.45) is 5.80. The van der Waals surface area contributed by atoms with Gasteiger partial charge in [0.25, 0.3) is 0 Å². The maximum atomic E-state index is 13.4. The number of nitrogen functional groups attached to an aromatic ring is 1. The molecule has 0 bridgehead atoms. The minimum atomic E-state index is -1.12. The fourth-order valence-electron chi connectivity index (χ4n) is 7.14. The summed E-state index contributed by atoms with van der Waals surface area (Å²) in [6.45, 7) is 5.41. The molecule has 2 aromatic carbocycles. The van der Waals surface area contributed by atoms with Crippen LogP contribution in [0.3, 0.4) is 0 Å². The molecule has 1 spiro atoms. The third kappa shape index (κ3) is 5.48. The maximum absolute atomic E-state index is 13.4. The van der Waals surface area contributed by atoms with Crippen molar-refractivity contribution in [2.24, 2.45) is 5.92 Å². The van der Waals surface area contributed by atoms with Crippen molar-refractivity contribution in [2.45, 2.75) is 70.0 Å². The Balaban J connectivity index is 1.50. The molecule has 240 valence electrons. The number of carbonyl (C=O) groups excluding carboxylic acids is 1. The first kappa shape index (κ1) is 31.5. The van der Waals surface area contributed by atoms with Crippen LogP contribution in [0.25, 0.3) is 11.0 Å². The van der Waals surface area contributed by atoms with Crippen molar-refractivity contribution in [1.82, 2.24) is 4.98 Å². The van der Waals surface area contributed by atoms with Crippen molar-refractivity contribution in [3.05, 3.63) is 111 Å².